The molecule has 2 N–H and O–H groups in total. The SMILES string of the molecule is C[C@@H]1CNC[C@H]1C(=O)NCC1CCOC1. The van der Waals surface area contributed by atoms with Gasteiger partial charge in [0.25, 0.3) is 0 Å². The summed E-state index contributed by atoms with van der Waals surface area (Å²) in [6, 6.07) is 0. The van der Waals surface area contributed by atoms with Gasteiger partial charge in [-0.15, -0.1) is 0 Å². The van der Waals surface area contributed by atoms with Crippen molar-refractivity contribution in [3.63, 3.8) is 0 Å². The highest BCUT2D eigenvalue weighted by Crippen LogP contribution is 2.16. The van der Waals surface area contributed by atoms with E-state index in [4.69, 9.17) is 4.74 Å². The first-order valence-electron chi connectivity index (χ1n) is 5.83. The second-order valence-electron chi connectivity index (χ2n) is 4.72. The molecule has 0 aliphatic carbocycles. The number of nitrogens with one attached hydrogen (secondary N) is 2. The van der Waals surface area contributed by atoms with Crippen molar-refractivity contribution < 1.29 is 9.53 Å². The molecule has 0 bridgehead atoms. The van der Waals surface area contributed by atoms with Gasteiger partial charge in [0, 0.05) is 25.6 Å². The molecule has 0 radical (unpaired) electrons. The highest BCUT2D eigenvalue weighted by Gasteiger charge is 2.29. The third-order valence-corrected chi connectivity index (χ3v) is 3.44. The van der Waals surface area contributed by atoms with Crippen LogP contribution in [0.15, 0.2) is 0 Å². The zero-order valence-electron chi connectivity index (χ0n) is 9.29. The number of hydrogen-bond acceptors (Lipinski definition) is 3. The van der Waals surface area contributed by atoms with E-state index in [0.29, 0.717) is 11.8 Å². The molecule has 0 aromatic carbocycles. The number of amides is 1. The summed E-state index contributed by atoms with van der Waals surface area (Å²) < 4.78 is 5.27. The van der Waals surface area contributed by atoms with E-state index >= 15 is 0 Å². The Morgan fingerprint density at radius 3 is 3.00 bits per heavy atom. The third kappa shape index (κ3) is 2.69. The lowest BCUT2D eigenvalue weighted by molar-refractivity contribution is -0.125. The van der Waals surface area contributed by atoms with Gasteiger partial charge in [0.1, 0.15) is 0 Å². The largest absolute Gasteiger partial charge is 0.381 e. The van der Waals surface area contributed by atoms with Crippen LogP contribution in [0, 0.1) is 17.8 Å². The Bertz CT molecular complexity index is 227. The van der Waals surface area contributed by atoms with Crippen LogP contribution in [0.1, 0.15) is 13.3 Å². The van der Waals surface area contributed by atoms with Crippen molar-refractivity contribution in [2.24, 2.45) is 17.8 Å². The fraction of sp³-hybridized carbons (Fsp3) is 0.909. The predicted octanol–water partition coefficient (Wildman–Crippen LogP) is -0.00540. The fourth-order valence-corrected chi connectivity index (χ4v) is 2.28. The lowest BCUT2D eigenvalue weighted by Gasteiger charge is -2.15. The number of hydrogen-bond donors (Lipinski definition) is 2. The van der Waals surface area contributed by atoms with Crippen LogP contribution in [0.25, 0.3) is 0 Å². The van der Waals surface area contributed by atoms with Gasteiger partial charge in [0.15, 0.2) is 0 Å². The summed E-state index contributed by atoms with van der Waals surface area (Å²) in [5.74, 6) is 1.36. The number of carbonyl (C=O) groups excluding carboxylic acids is 1. The maximum absolute atomic E-state index is 11.8. The van der Waals surface area contributed by atoms with Gasteiger partial charge in [-0.1, -0.05) is 6.92 Å². The molecule has 4 heteroatoms. The molecule has 1 unspecified atom stereocenters. The molecule has 2 fully saturated rings. The van der Waals surface area contributed by atoms with Gasteiger partial charge in [-0.25, -0.2) is 0 Å². The molecular formula is C11H20N2O2. The number of carbonyl (C=O) groups is 1. The topological polar surface area (TPSA) is 50.4 Å². The van der Waals surface area contributed by atoms with Crippen LogP contribution >= 0.6 is 0 Å². The Labute approximate surface area is 90.8 Å². The Hall–Kier alpha value is -0.610. The summed E-state index contributed by atoms with van der Waals surface area (Å²) in [7, 11) is 0. The van der Waals surface area contributed by atoms with Gasteiger partial charge in [-0.3, -0.25) is 4.79 Å². The maximum atomic E-state index is 11.8. The molecule has 15 heavy (non-hydrogen) atoms. The van der Waals surface area contributed by atoms with Crippen LogP contribution in [0.5, 0.6) is 0 Å². The van der Waals surface area contributed by atoms with Gasteiger partial charge in [0.2, 0.25) is 5.91 Å². The molecule has 1 amide bonds. The second kappa shape index (κ2) is 4.94. The summed E-state index contributed by atoms with van der Waals surface area (Å²) in [4.78, 5) is 11.8. The third-order valence-electron chi connectivity index (χ3n) is 3.44. The van der Waals surface area contributed by atoms with E-state index in [0.717, 1.165) is 39.3 Å². The van der Waals surface area contributed by atoms with E-state index in [9.17, 15) is 4.79 Å². The van der Waals surface area contributed by atoms with Crippen LogP contribution in [0.3, 0.4) is 0 Å². The first-order chi connectivity index (χ1) is 7.27. The molecule has 2 rings (SSSR count). The monoisotopic (exact) mass is 212 g/mol. The second-order valence-corrected chi connectivity index (χ2v) is 4.72. The number of ether oxygens (including phenoxy) is 1. The van der Waals surface area contributed by atoms with Crippen LogP contribution in [0.2, 0.25) is 0 Å². The fourth-order valence-electron chi connectivity index (χ4n) is 2.28. The molecule has 0 saturated carbocycles. The zero-order chi connectivity index (χ0) is 10.7. The molecule has 2 aliphatic heterocycles. The average molecular weight is 212 g/mol. The zero-order valence-corrected chi connectivity index (χ0v) is 9.29. The molecule has 2 aliphatic rings. The normalized spacial score (nSPS) is 35.7. The van der Waals surface area contributed by atoms with Crippen molar-refractivity contribution in [1.29, 1.82) is 0 Å². The molecule has 2 saturated heterocycles. The molecule has 0 aromatic rings. The number of rotatable bonds is 3. The van der Waals surface area contributed by atoms with E-state index in [2.05, 4.69) is 17.6 Å². The van der Waals surface area contributed by atoms with Crippen molar-refractivity contribution in [1.82, 2.24) is 10.6 Å². The van der Waals surface area contributed by atoms with Gasteiger partial charge in [-0.2, -0.15) is 0 Å². The predicted molar refractivity (Wildman–Crippen MR) is 57.5 cm³/mol. The van der Waals surface area contributed by atoms with Crippen LogP contribution in [-0.4, -0.2) is 38.8 Å². The van der Waals surface area contributed by atoms with Crippen LogP contribution < -0.4 is 10.6 Å². The first-order valence-corrected chi connectivity index (χ1v) is 5.83. The Morgan fingerprint density at radius 2 is 2.40 bits per heavy atom. The molecule has 3 atom stereocenters. The van der Waals surface area contributed by atoms with E-state index < -0.39 is 0 Å². The van der Waals surface area contributed by atoms with E-state index in [-0.39, 0.29) is 11.8 Å². The smallest absolute Gasteiger partial charge is 0.224 e. The van der Waals surface area contributed by atoms with Gasteiger partial charge in [-0.05, 0) is 18.9 Å². The first kappa shape index (κ1) is 10.9. The Morgan fingerprint density at radius 1 is 1.53 bits per heavy atom. The summed E-state index contributed by atoms with van der Waals surface area (Å²) in [5.41, 5.74) is 0. The lowest BCUT2D eigenvalue weighted by Crippen LogP contribution is -2.37. The summed E-state index contributed by atoms with van der Waals surface area (Å²) >= 11 is 0. The molecule has 4 nitrogen and oxygen atoms in total. The highest BCUT2D eigenvalue weighted by atomic mass is 16.5. The Kier molecular flexibility index (Phi) is 3.59. The van der Waals surface area contributed by atoms with Crippen molar-refractivity contribution in [3.8, 4) is 0 Å². The van der Waals surface area contributed by atoms with Crippen molar-refractivity contribution in [2.75, 3.05) is 32.8 Å². The quantitative estimate of drug-likeness (QED) is 0.692. The molecule has 2 heterocycles. The van der Waals surface area contributed by atoms with Gasteiger partial charge in [0.05, 0.1) is 12.5 Å². The van der Waals surface area contributed by atoms with Crippen molar-refractivity contribution in [3.05, 3.63) is 0 Å². The standard InChI is InChI=1S/C11H20N2O2/c1-8-4-12-6-10(8)11(14)13-5-9-2-3-15-7-9/h8-10,12H,2-7H2,1H3,(H,13,14)/t8-,9?,10-/m1/s1. The van der Waals surface area contributed by atoms with Crippen molar-refractivity contribution in [2.45, 2.75) is 13.3 Å². The molecule has 0 spiro atoms. The van der Waals surface area contributed by atoms with E-state index in [1.807, 2.05) is 0 Å². The van der Waals surface area contributed by atoms with Crippen LogP contribution in [-0.2, 0) is 9.53 Å². The van der Waals surface area contributed by atoms with Crippen LogP contribution in [0.4, 0.5) is 0 Å². The minimum Gasteiger partial charge on any atom is -0.381 e. The highest BCUT2D eigenvalue weighted by molar-refractivity contribution is 5.79. The summed E-state index contributed by atoms with van der Waals surface area (Å²) in [6.07, 6.45) is 1.08. The van der Waals surface area contributed by atoms with E-state index in [1.165, 1.54) is 0 Å². The van der Waals surface area contributed by atoms with Gasteiger partial charge < -0.3 is 15.4 Å². The molecule has 0 aromatic heterocycles. The van der Waals surface area contributed by atoms with Gasteiger partial charge >= 0.3 is 0 Å². The molecule has 86 valence electrons. The van der Waals surface area contributed by atoms with E-state index in [1.54, 1.807) is 0 Å². The summed E-state index contributed by atoms with van der Waals surface area (Å²) in [5, 5.41) is 6.28. The minimum absolute atomic E-state index is 0.160. The molecular weight excluding hydrogens is 192 g/mol. The van der Waals surface area contributed by atoms with Crippen molar-refractivity contribution >= 4 is 5.91 Å². The minimum atomic E-state index is 0.160. The summed E-state index contributed by atoms with van der Waals surface area (Å²) in [6.45, 7) is 6.35. The lowest BCUT2D eigenvalue weighted by atomic mass is 9.97. The average Bonchev–Trinajstić information content (AvgIpc) is 2.84. The maximum Gasteiger partial charge on any atom is 0.224 e. The Balaban J connectivity index is 1.71.